The van der Waals surface area contributed by atoms with Gasteiger partial charge >= 0.3 is 16.5 Å². The fraction of sp³-hybridized carbons (Fsp3) is 0.222. The summed E-state index contributed by atoms with van der Waals surface area (Å²) in [5.41, 5.74) is 16.5. The number of aliphatic imine (C=N–C) groups is 2. The Morgan fingerprint density at radius 2 is 1.61 bits per heavy atom. The zero-order valence-corrected chi connectivity index (χ0v) is 14.3. The van der Waals surface area contributed by atoms with Crippen molar-refractivity contribution in [3.63, 3.8) is 0 Å². The fourth-order valence-electron chi connectivity index (χ4n) is 1.84. The molecule has 4 nitrogen and oxygen atoms in total. The first-order chi connectivity index (χ1) is 10.5. The Morgan fingerprint density at radius 1 is 1.00 bits per heavy atom. The first kappa shape index (κ1) is 19.1. The predicted octanol–water partition coefficient (Wildman–Crippen LogP) is 4.27. The van der Waals surface area contributed by atoms with E-state index in [1.165, 1.54) is 0 Å². The summed E-state index contributed by atoms with van der Waals surface area (Å²) in [6.07, 6.45) is 3.51. The molecule has 0 aromatic heterocycles. The Morgan fingerprint density at radius 3 is 2.26 bits per heavy atom. The van der Waals surface area contributed by atoms with Gasteiger partial charge in [-0.1, -0.05) is 42.5 Å². The van der Waals surface area contributed by atoms with E-state index < -0.39 is 0 Å². The molecule has 0 aliphatic carbocycles. The van der Waals surface area contributed by atoms with Crippen LogP contribution in [0.15, 0.2) is 58.5 Å². The number of hydrogen-bond donors (Lipinski definition) is 1. The topological polar surface area (TPSA) is 74.5 Å². The molecule has 0 aliphatic heterocycles. The number of para-hydroxylation sites is 1. The smallest absolute Gasteiger partial charge is 0.698 e. The Kier molecular flexibility index (Phi) is 7.14. The van der Waals surface area contributed by atoms with Crippen LogP contribution in [0.25, 0.3) is 5.73 Å². The van der Waals surface area contributed by atoms with E-state index >= 15 is 0 Å². The zero-order chi connectivity index (χ0) is 16.0. The molecule has 2 rings (SSSR count). The molecule has 0 fully saturated rings. The van der Waals surface area contributed by atoms with Gasteiger partial charge in [0.2, 0.25) is 0 Å². The van der Waals surface area contributed by atoms with Crippen LogP contribution in [-0.4, -0.2) is 24.5 Å². The second-order valence-corrected chi connectivity index (χ2v) is 5.86. The van der Waals surface area contributed by atoms with Gasteiger partial charge in [0.05, 0.1) is 12.2 Å². The van der Waals surface area contributed by atoms with Crippen LogP contribution in [0.5, 0.6) is 0 Å². The van der Waals surface area contributed by atoms with Crippen molar-refractivity contribution in [2.24, 2.45) is 15.7 Å². The molecule has 0 saturated carbocycles. The Labute approximate surface area is 147 Å². The molecule has 23 heavy (non-hydrogen) atoms. The van der Waals surface area contributed by atoms with Crippen molar-refractivity contribution in [3.8, 4) is 0 Å². The van der Waals surface area contributed by atoms with Crippen LogP contribution in [-0.2, 0) is 16.5 Å². The summed E-state index contributed by atoms with van der Waals surface area (Å²) in [6, 6.07) is 15.1. The number of nitrogens with one attached hydrogen (secondary N) is 1. The number of nitrogens with two attached hydrogens (primary N) is 1. The van der Waals surface area contributed by atoms with E-state index in [1.807, 2.05) is 56.3 Å². The summed E-state index contributed by atoms with van der Waals surface area (Å²) < 4.78 is 0. The summed E-state index contributed by atoms with van der Waals surface area (Å²) in [5.74, 6) is 0. The maximum atomic E-state index is 7.84. The van der Waals surface area contributed by atoms with E-state index in [4.69, 9.17) is 11.5 Å². The van der Waals surface area contributed by atoms with Gasteiger partial charge < -0.3 is 11.5 Å². The number of hydrogen-bond acceptors (Lipinski definition) is 3. The summed E-state index contributed by atoms with van der Waals surface area (Å²) in [5, 5.41) is 0. The number of benzene rings is 2. The first-order valence-corrected chi connectivity index (χ1v) is 7.18. The molecule has 0 bridgehead atoms. The normalized spacial score (nSPS) is 11.8. The summed E-state index contributed by atoms with van der Waals surface area (Å²) in [7, 11) is 0. The van der Waals surface area contributed by atoms with Crippen molar-refractivity contribution in [3.05, 3.63) is 65.4 Å². The molecule has 121 valence electrons. The average Bonchev–Trinajstić information content (AvgIpc) is 2.46. The van der Waals surface area contributed by atoms with E-state index in [-0.39, 0.29) is 22.0 Å². The maximum Gasteiger partial charge on any atom is 3.00 e. The van der Waals surface area contributed by atoms with Gasteiger partial charge in [-0.15, -0.1) is 5.69 Å². The van der Waals surface area contributed by atoms with Crippen molar-refractivity contribution in [2.75, 3.05) is 6.54 Å². The third kappa shape index (κ3) is 6.35. The largest absolute Gasteiger partial charge is 3.00 e. The van der Waals surface area contributed by atoms with Gasteiger partial charge in [0, 0.05) is 23.5 Å². The standard InChI is InChI=1S/C18H21N4.Ni/c1-18(2,20)13-21-11-15-8-4-6-10-17(15)22-12-14-7-3-5-9-16(14)19;/h3-12,19H,13,20H2,1-2H3;/q-1;+3. The quantitative estimate of drug-likeness (QED) is 0.633. The minimum absolute atomic E-state index is 0. The van der Waals surface area contributed by atoms with Crippen molar-refractivity contribution >= 4 is 23.8 Å². The van der Waals surface area contributed by atoms with Crippen LogP contribution in [0, 0.1) is 0 Å². The van der Waals surface area contributed by atoms with Crippen molar-refractivity contribution in [1.29, 1.82) is 0 Å². The van der Waals surface area contributed by atoms with Crippen LogP contribution in [0.1, 0.15) is 25.0 Å². The number of nitrogens with zero attached hydrogens (tertiary/aromatic N) is 2. The van der Waals surface area contributed by atoms with Crippen molar-refractivity contribution in [2.45, 2.75) is 19.4 Å². The van der Waals surface area contributed by atoms with Gasteiger partial charge in [-0.3, -0.25) is 9.98 Å². The van der Waals surface area contributed by atoms with Crippen LogP contribution < -0.4 is 5.73 Å². The van der Waals surface area contributed by atoms with Gasteiger partial charge in [0.25, 0.3) is 0 Å². The molecule has 0 spiro atoms. The molecule has 0 unspecified atom stereocenters. The minimum atomic E-state index is -0.321. The van der Waals surface area contributed by atoms with Gasteiger partial charge in [-0.05, 0) is 25.5 Å². The molecular formula is C18H21N4Ni+2. The van der Waals surface area contributed by atoms with E-state index in [2.05, 4.69) is 9.98 Å². The molecule has 0 amide bonds. The van der Waals surface area contributed by atoms with Gasteiger partial charge in [0.15, 0.2) is 0 Å². The Bertz CT molecular complexity index is 687. The van der Waals surface area contributed by atoms with Crippen LogP contribution in [0.4, 0.5) is 11.4 Å². The summed E-state index contributed by atoms with van der Waals surface area (Å²) in [6.45, 7) is 4.44. The molecule has 3 N–H and O–H groups in total. The first-order valence-electron chi connectivity index (χ1n) is 7.18. The molecule has 0 heterocycles. The molecule has 1 radical (unpaired) electrons. The molecule has 0 aliphatic rings. The van der Waals surface area contributed by atoms with Gasteiger partial charge in [-0.25, -0.2) is 0 Å². The average molecular weight is 352 g/mol. The summed E-state index contributed by atoms with van der Waals surface area (Å²) in [4.78, 5) is 8.87. The SMILES string of the molecule is CC(C)(N)CN=Cc1ccccc1N=Cc1ccccc1[NH-].[Ni+3]. The molecule has 5 heteroatoms. The second-order valence-electron chi connectivity index (χ2n) is 5.86. The van der Waals surface area contributed by atoms with Crippen molar-refractivity contribution in [1.82, 2.24) is 0 Å². The number of rotatable bonds is 5. The van der Waals surface area contributed by atoms with Gasteiger partial charge in [-0.2, -0.15) is 0 Å². The molecule has 2 aromatic rings. The minimum Gasteiger partial charge on any atom is -0.698 e. The van der Waals surface area contributed by atoms with Crippen LogP contribution in [0.2, 0.25) is 0 Å². The molecule has 0 atom stereocenters. The third-order valence-corrected chi connectivity index (χ3v) is 2.97. The predicted molar refractivity (Wildman–Crippen MR) is 94.8 cm³/mol. The zero-order valence-electron chi connectivity index (χ0n) is 13.3. The van der Waals surface area contributed by atoms with Crippen molar-refractivity contribution < 1.29 is 16.5 Å². The molecular weight excluding hydrogens is 331 g/mol. The molecule has 2 aromatic carbocycles. The van der Waals surface area contributed by atoms with Crippen LogP contribution in [0.3, 0.4) is 0 Å². The fourth-order valence-corrected chi connectivity index (χ4v) is 1.84. The summed E-state index contributed by atoms with van der Waals surface area (Å²) >= 11 is 0. The monoisotopic (exact) mass is 351 g/mol. The van der Waals surface area contributed by atoms with E-state index in [0.29, 0.717) is 12.2 Å². The van der Waals surface area contributed by atoms with E-state index in [9.17, 15) is 0 Å². The second kappa shape index (κ2) is 8.61. The third-order valence-electron chi connectivity index (χ3n) is 2.97. The maximum absolute atomic E-state index is 7.84. The van der Waals surface area contributed by atoms with Gasteiger partial charge in [0.1, 0.15) is 0 Å². The van der Waals surface area contributed by atoms with E-state index in [0.717, 1.165) is 16.8 Å². The van der Waals surface area contributed by atoms with Crippen LogP contribution >= 0.6 is 0 Å². The Balaban J connectivity index is 0.00000264. The molecule has 0 saturated heterocycles. The van der Waals surface area contributed by atoms with E-state index in [1.54, 1.807) is 18.5 Å². The Hall–Kier alpha value is -1.97.